The zero-order valence-corrected chi connectivity index (χ0v) is 23.9. The molecule has 0 saturated carbocycles. The average molecular weight is 628 g/mol. The number of benzene rings is 3. The molecule has 0 spiro atoms. The van der Waals surface area contributed by atoms with Crippen LogP contribution in [0.2, 0.25) is 0 Å². The van der Waals surface area contributed by atoms with Crippen molar-refractivity contribution >= 4 is 63.4 Å². The number of nitrogens with two attached hydrogens (primary N) is 1. The Morgan fingerprint density at radius 1 is 0.848 bits per heavy atom. The van der Waals surface area contributed by atoms with Crippen LogP contribution in [0.4, 0.5) is 5.69 Å². The third-order valence-electron chi connectivity index (χ3n) is 7.06. The molecule has 8 N–H and O–H groups in total. The van der Waals surface area contributed by atoms with Gasteiger partial charge in [0.05, 0.1) is 40.5 Å². The number of carboxylic acid groups (broad SMARTS) is 3. The van der Waals surface area contributed by atoms with E-state index >= 15 is 0 Å². The summed E-state index contributed by atoms with van der Waals surface area (Å²) in [6.45, 7) is 0. The minimum atomic E-state index is -1.77. The number of carbonyl (C=O) groups excluding carboxylic acids is 3. The fraction of sp³-hybridized carbons (Fsp3) is 0.133. The summed E-state index contributed by atoms with van der Waals surface area (Å²) >= 11 is 0. The normalized spacial score (nSPS) is 11.7. The molecule has 0 unspecified atom stereocenters. The number of aromatic amines is 1. The largest absolute Gasteiger partial charge is 0.481 e. The lowest BCUT2D eigenvalue weighted by atomic mass is 10.1. The van der Waals surface area contributed by atoms with Gasteiger partial charge in [-0.2, -0.15) is 0 Å². The maximum Gasteiger partial charge on any atom is 0.335 e. The van der Waals surface area contributed by atoms with Crippen molar-refractivity contribution < 1.29 is 44.1 Å². The van der Waals surface area contributed by atoms with Crippen molar-refractivity contribution in [3.63, 3.8) is 0 Å². The number of H-pyrrole nitrogens is 1. The SMILES string of the molecule is Cn1c(Cc2nc3ccc(C(N)=O)cc3[nH]2)nc2ccc(C(=O)Nc3cc(C(=O)O)cc(C(=O)N[C@@H](CC(=O)O)C(=O)O)c3)cc21. The summed E-state index contributed by atoms with van der Waals surface area (Å²) in [7, 11) is 1.76. The van der Waals surface area contributed by atoms with Gasteiger partial charge in [0, 0.05) is 29.4 Å². The molecular formula is C30H25N7O9. The molecule has 1 atom stereocenters. The fourth-order valence-electron chi connectivity index (χ4n) is 4.76. The second kappa shape index (κ2) is 12.2. The molecule has 16 nitrogen and oxygen atoms in total. The smallest absolute Gasteiger partial charge is 0.335 e. The molecule has 0 bridgehead atoms. The van der Waals surface area contributed by atoms with E-state index in [0.717, 1.165) is 18.2 Å². The molecule has 2 heterocycles. The third-order valence-corrected chi connectivity index (χ3v) is 7.06. The summed E-state index contributed by atoms with van der Waals surface area (Å²) in [5.74, 6) is -5.53. The lowest BCUT2D eigenvalue weighted by Gasteiger charge is -2.14. The van der Waals surface area contributed by atoms with Crippen LogP contribution in [0.3, 0.4) is 0 Å². The second-order valence-corrected chi connectivity index (χ2v) is 10.3. The summed E-state index contributed by atoms with van der Waals surface area (Å²) in [6.07, 6.45) is -0.604. The van der Waals surface area contributed by atoms with E-state index in [1.165, 1.54) is 6.07 Å². The maximum absolute atomic E-state index is 13.2. The van der Waals surface area contributed by atoms with Crippen molar-refractivity contribution in [3.05, 3.63) is 88.5 Å². The van der Waals surface area contributed by atoms with Crippen molar-refractivity contribution in [2.75, 3.05) is 5.32 Å². The predicted molar refractivity (Wildman–Crippen MR) is 161 cm³/mol. The number of hydrogen-bond donors (Lipinski definition) is 7. The van der Waals surface area contributed by atoms with Crippen molar-refractivity contribution in [1.29, 1.82) is 0 Å². The first kappa shape index (κ1) is 30.9. The van der Waals surface area contributed by atoms with E-state index < -0.39 is 48.1 Å². The highest BCUT2D eigenvalue weighted by atomic mass is 16.4. The van der Waals surface area contributed by atoms with Crippen LogP contribution in [0.25, 0.3) is 22.1 Å². The number of primary amides is 1. The first-order chi connectivity index (χ1) is 21.8. The van der Waals surface area contributed by atoms with E-state index in [1.54, 1.807) is 41.9 Å². The Morgan fingerprint density at radius 3 is 2.22 bits per heavy atom. The summed E-state index contributed by atoms with van der Waals surface area (Å²) in [4.78, 5) is 83.8. The number of aliphatic carboxylic acids is 2. The molecule has 5 aromatic rings. The van der Waals surface area contributed by atoms with Gasteiger partial charge in [0.25, 0.3) is 11.8 Å². The zero-order valence-electron chi connectivity index (χ0n) is 23.9. The molecule has 0 aliphatic rings. The van der Waals surface area contributed by atoms with E-state index in [1.807, 2.05) is 5.32 Å². The molecule has 5 rings (SSSR count). The van der Waals surface area contributed by atoms with Gasteiger partial charge in [-0.3, -0.25) is 19.2 Å². The molecule has 0 aliphatic heterocycles. The van der Waals surface area contributed by atoms with Gasteiger partial charge in [0.2, 0.25) is 5.91 Å². The summed E-state index contributed by atoms with van der Waals surface area (Å²) in [6, 6.07) is 11.1. The summed E-state index contributed by atoms with van der Waals surface area (Å²) in [5, 5.41) is 32.3. The quantitative estimate of drug-likeness (QED) is 0.111. The first-order valence-corrected chi connectivity index (χ1v) is 13.5. The lowest BCUT2D eigenvalue weighted by Crippen LogP contribution is -2.42. The molecule has 234 valence electrons. The fourth-order valence-corrected chi connectivity index (χ4v) is 4.76. The van der Waals surface area contributed by atoms with Crippen LogP contribution in [-0.2, 0) is 23.1 Å². The molecule has 16 heteroatoms. The number of rotatable bonds is 11. The Bertz CT molecular complexity index is 2100. The number of fused-ring (bicyclic) bond motifs is 2. The van der Waals surface area contributed by atoms with Crippen molar-refractivity contribution in [3.8, 4) is 0 Å². The minimum absolute atomic E-state index is 0.0738. The van der Waals surface area contributed by atoms with Crippen LogP contribution in [0, 0.1) is 0 Å². The first-order valence-electron chi connectivity index (χ1n) is 13.5. The number of carboxylic acids is 3. The van der Waals surface area contributed by atoms with Gasteiger partial charge in [0.15, 0.2) is 0 Å². The van der Waals surface area contributed by atoms with Crippen LogP contribution >= 0.6 is 0 Å². The highest BCUT2D eigenvalue weighted by Crippen LogP contribution is 2.22. The van der Waals surface area contributed by atoms with Crippen LogP contribution in [0.5, 0.6) is 0 Å². The van der Waals surface area contributed by atoms with Crippen molar-refractivity contribution in [1.82, 2.24) is 24.8 Å². The lowest BCUT2D eigenvalue weighted by molar-refractivity contribution is -0.145. The third kappa shape index (κ3) is 6.49. The average Bonchev–Trinajstić information content (AvgIpc) is 3.55. The Balaban J connectivity index is 1.37. The Morgan fingerprint density at radius 2 is 1.54 bits per heavy atom. The number of imidazole rings is 2. The van der Waals surface area contributed by atoms with Crippen molar-refractivity contribution in [2.24, 2.45) is 12.8 Å². The van der Waals surface area contributed by atoms with Crippen LogP contribution in [0.1, 0.15) is 59.5 Å². The molecule has 46 heavy (non-hydrogen) atoms. The molecule has 0 saturated heterocycles. The molecule has 2 aromatic heterocycles. The maximum atomic E-state index is 13.2. The monoisotopic (exact) mass is 627 g/mol. The molecule has 0 fully saturated rings. The van der Waals surface area contributed by atoms with E-state index in [-0.39, 0.29) is 22.4 Å². The number of amides is 3. The van der Waals surface area contributed by atoms with Gasteiger partial charge in [-0.1, -0.05) is 0 Å². The Hall–Kier alpha value is -6.58. The van der Waals surface area contributed by atoms with Crippen LogP contribution in [0.15, 0.2) is 54.6 Å². The van der Waals surface area contributed by atoms with Gasteiger partial charge < -0.3 is 41.2 Å². The number of aromatic nitrogens is 4. The minimum Gasteiger partial charge on any atom is -0.481 e. The predicted octanol–water partition coefficient (Wildman–Crippen LogP) is 1.75. The molecule has 3 amide bonds. The topological polar surface area (TPSA) is 260 Å². The highest BCUT2D eigenvalue weighted by molar-refractivity contribution is 6.08. The number of nitrogens with zero attached hydrogens (tertiary/aromatic N) is 3. The number of anilines is 1. The highest BCUT2D eigenvalue weighted by Gasteiger charge is 2.25. The summed E-state index contributed by atoms with van der Waals surface area (Å²) < 4.78 is 1.78. The zero-order chi connectivity index (χ0) is 33.3. The van der Waals surface area contributed by atoms with Gasteiger partial charge >= 0.3 is 17.9 Å². The van der Waals surface area contributed by atoms with Crippen molar-refractivity contribution in [2.45, 2.75) is 18.9 Å². The van der Waals surface area contributed by atoms with Crippen LogP contribution in [-0.4, -0.2) is 76.5 Å². The number of carbonyl (C=O) groups is 6. The number of hydrogen-bond acceptors (Lipinski definition) is 8. The van der Waals surface area contributed by atoms with Gasteiger partial charge in [-0.25, -0.2) is 19.6 Å². The number of aryl methyl sites for hydroxylation is 1. The number of nitrogens with one attached hydrogen (secondary N) is 3. The molecule has 3 aromatic carbocycles. The number of aromatic carboxylic acids is 1. The van der Waals surface area contributed by atoms with E-state index in [4.69, 9.17) is 10.8 Å². The van der Waals surface area contributed by atoms with E-state index in [2.05, 4.69) is 20.3 Å². The standard InChI is InChI=1S/C30H25N7O9/c1-37-22-10-14(3-5-19(22)35-24(37)12-23-33-18-4-2-13(26(31)40)9-20(18)34-23)27(41)32-17-7-15(6-16(8-17)29(43)44)28(42)36-21(30(45)46)11-25(38)39/h2-10,21H,11-12H2,1H3,(H2,31,40)(H,32,41)(H,33,34)(H,36,42)(H,38,39)(H,43,44)(H,45,46)/t21-/m0/s1. The molecular weight excluding hydrogens is 602 g/mol. The van der Waals surface area contributed by atoms with Gasteiger partial charge in [-0.15, -0.1) is 0 Å². The van der Waals surface area contributed by atoms with Gasteiger partial charge in [0.1, 0.15) is 17.7 Å². The Labute approximate surface area is 257 Å². The van der Waals surface area contributed by atoms with E-state index in [0.29, 0.717) is 45.7 Å². The Kier molecular flexibility index (Phi) is 8.18. The van der Waals surface area contributed by atoms with E-state index in [9.17, 15) is 39.0 Å². The summed E-state index contributed by atoms with van der Waals surface area (Å²) in [5.41, 5.74) is 7.60. The van der Waals surface area contributed by atoms with Crippen LogP contribution < -0.4 is 16.4 Å². The molecule has 0 radical (unpaired) electrons. The second-order valence-electron chi connectivity index (χ2n) is 10.3. The van der Waals surface area contributed by atoms with Gasteiger partial charge in [-0.05, 0) is 54.6 Å². The molecule has 0 aliphatic carbocycles.